The highest BCUT2D eigenvalue weighted by atomic mass is 32.2. The van der Waals surface area contributed by atoms with Gasteiger partial charge in [-0.25, -0.2) is 4.39 Å². The van der Waals surface area contributed by atoms with Crippen LogP contribution in [0.5, 0.6) is 0 Å². The molecule has 0 spiro atoms. The Kier molecular flexibility index (Phi) is 4.31. The van der Waals surface area contributed by atoms with Crippen LogP contribution in [0.3, 0.4) is 0 Å². The molecule has 2 rings (SSSR count). The minimum Gasteiger partial charge on any atom is -0.339 e. The molecular weight excluding hydrogens is 253 g/mol. The number of hydrogen-bond acceptors (Lipinski definition) is 5. The maximum Gasteiger partial charge on any atom is 0.227 e. The zero-order valence-electron chi connectivity index (χ0n) is 9.47. The van der Waals surface area contributed by atoms with E-state index in [0.717, 1.165) is 4.90 Å². The molecule has 6 heteroatoms. The first-order chi connectivity index (χ1) is 8.78. The molecule has 4 nitrogen and oxygen atoms in total. The minimum absolute atomic E-state index is 0.252. The normalized spacial score (nSPS) is 10.2. The maximum absolute atomic E-state index is 12.7. The van der Waals surface area contributed by atoms with E-state index in [1.54, 1.807) is 12.1 Å². The van der Waals surface area contributed by atoms with Gasteiger partial charge in [0.15, 0.2) is 5.82 Å². The molecule has 18 heavy (non-hydrogen) atoms. The number of halogens is 1. The fourth-order valence-electron chi connectivity index (χ4n) is 1.29. The number of nitrogens with zero attached hydrogens (tertiary/aromatic N) is 3. The predicted octanol–water partition coefficient (Wildman–Crippen LogP) is 2.96. The Morgan fingerprint density at radius 1 is 1.33 bits per heavy atom. The van der Waals surface area contributed by atoms with Crippen LogP contribution in [-0.4, -0.2) is 10.1 Å². The molecule has 0 N–H and O–H groups in total. The second-order valence-corrected chi connectivity index (χ2v) is 4.55. The molecule has 92 valence electrons. The van der Waals surface area contributed by atoms with Gasteiger partial charge >= 0.3 is 0 Å². The van der Waals surface area contributed by atoms with Crippen LogP contribution in [0.4, 0.5) is 4.39 Å². The van der Waals surface area contributed by atoms with Crippen molar-refractivity contribution in [3.8, 4) is 6.07 Å². The lowest BCUT2D eigenvalue weighted by Crippen LogP contribution is -1.86. The summed E-state index contributed by atoms with van der Waals surface area (Å²) in [5, 5.41) is 12.2. The lowest BCUT2D eigenvalue weighted by Gasteiger charge is -1.97. The van der Waals surface area contributed by atoms with Crippen LogP contribution in [0.25, 0.3) is 0 Å². The largest absolute Gasteiger partial charge is 0.339 e. The van der Waals surface area contributed by atoms with Gasteiger partial charge in [0.05, 0.1) is 11.8 Å². The summed E-state index contributed by atoms with van der Waals surface area (Å²) < 4.78 is 17.7. The maximum atomic E-state index is 12.7. The third-order valence-electron chi connectivity index (χ3n) is 2.14. The highest BCUT2D eigenvalue weighted by molar-refractivity contribution is 7.98. The Balaban J connectivity index is 1.88. The first-order valence-corrected chi connectivity index (χ1v) is 6.33. The molecule has 2 aromatic rings. The second-order valence-electron chi connectivity index (χ2n) is 3.51. The number of nitriles is 1. The summed E-state index contributed by atoms with van der Waals surface area (Å²) in [7, 11) is 0. The SMILES string of the molecule is N#CCCc1nc(CSc2ccc(F)cc2)no1. The van der Waals surface area contributed by atoms with E-state index in [1.807, 2.05) is 6.07 Å². The number of aromatic nitrogens is 2. The summed E-state index contributed by atoms with van der Waals surface area (Å²) >= 11 is 1.50. The second kappa shape index (κ2) is 6.17. The van der Waals surface area contributed by atoms with Crippen molar-refractivity contribution in [1.82, 2.24) is 10.1 Å². The van der Waals surface area contributed by atoms with Gasteiger partial charge in [-0.15, -0.1) is 11.8 Å². The van der Waals surface area contributed by atoms with E-state index >= 15 is 0 Å². The summed E-state index contributed by atoms with van der Waals surface area (Å²) in [6.07, 6.45) is 0.845. The van der Waals surface area contributed by atoms with Crippen LogP contribution in [0, 0.1) is 17.1 Å². The number of thioether (sulfide) groups is 1. The average Bonchev–Trinajstić information content (AvgIpc) is 2.84. The molecule has 0 bridgehead atoms. The van der Waals surface area contributed by atoms with E-state index in [4.69, 9.17) is 9.78 Å². The quantitative estimate of drug-likeness (QED) is 0.776. The smallest absolute Gasteiger partial charge is 0.227 e. The lowest BCUT2D eigenvalue weighted by molar-refractivity contribution is 0.375. The Morgan fingerprint density at radius 3 is 2.83 bits per heavy atom. The van der Waals surface area contributed by atoms with E-state index in [9.17, 15) is 4.39 Å². The van der Waals surface area contributed by atoms with E-state index in [2.05, 4.69) is 10.1 Å². The van der Waals surface area contributed by atoms with E-state index in [0.29, 0.717) is 30.3 Å². The van der Waals surface area contributed by atoms with Crippen LogP contribution < -0.4 is 0 Å². The van der Waals surface area contributed by atoms with Gasteiger partial charge in [0, 0.05) is 17.7 Å². The van der Waals surface area contributed by atoms with Crippen molar-refractivity contribution < 1.29 is 8.91 Å². The monoisotopic (exact) mass is 263 g/mol. The molecule has 0 atom stereocenters. The van der Waals surface area contributed by atoms with Gasteiger partial charge in [0.25, 0.3) is 0 Å². The molecule has 0 radical (unpaired) electrons. The van der Waals surface area contributed by atoms with Crippen molar-refractivity contribution in [3.05, 3.63) is 41.8 Å². The highest BCUT2D eigenvalue weighted by Gasteiger charge is 2.06. The summed E-state index contributed by atoms with van der Waals surface area (Å²) in [4.78, 5) is 5.10. The van der Waals surface area contributed by atoms with Crippen LogP contribution in [0.2, 0.25) is 0 Å². The lowest BCUT2D eigenvalue weighted by atomic mass is 10.3. The number of aryl methyl sites for hydroxylation is 1. The Morgan fingerprint density at radius 2 is 2.11 bits per heavy atom. The van der Waals surface area contributed by atoms with Gasteiger partial charge in [0.2, 0.25) is 5.89 Å². The van der Waals surface area contributed by atoms with Gasteiger partial charge in [0.1, 0.15) is 5.82 Å². The van der Waals surface area contributed by atoms with Crippen molar-refractivity contribution in [3.63, 3.8) is 0 Å². The minimum atomic E-state index is -0.252. The molecule has 0 aliphatic heterocycles. The van der Waals surface area contributed by atoms with Gasteiger partial charge in [-0.1, -0.05) is 5.16 Å². The fraction of sp³-hybridized carbons (Fsp3) is 0.250. The van der Waals surface area contributed by atoms with Crippen LogP contribution in [0.1, 0.15) is 18.1 Å². The van der Waals surface area contributed by atoms with E-state index in [1.165, 1.54) is 23.9 Å². The Hall–Kier alpha value is -1.87. The van der Waals surface area contributed by atoms with Crippen molar-refractivity contribution in [2.24, 2.45) is 0 Å². The van der Waals surface area contributed by atoms with E-state index < -0.39 is 0 Å². The Labute approximate surface area is 108 Å². The Bertz CT molecular complexity index is 547. The molecule has 0 aliphatic rings. The zero-order valence-corrected chi connectivity index (χ0v) is 10.3. The number of hydrogen-bond donors (Lipinski definition) is 0. The van der Waals surface area contributed by atoms with Crippen molar-refractivity contribution in [2.75, 3.05) is 0 Å². The van der Waals surface area contributed by atoms with Crippen molar-refractivity contribution >= 4 is 11.8 Å². The van der Waals surface area contributed by atoms with Gasteiger partial charge in [-0.3, -0.25) is 0 Å². The van der Waals surface area contributed by atoms with E-state index in [-0.39, 0.29) is 5.82 Å². The standard InChI is InChI=1S/C12H10FN3OS/c13-9-3-5-10(6-4-9)18-8-11-15-12(17-16-11)2-1-7-14/h3-6H,1-2,8H2. The predicted molar refractivity (Wildman–Crippen MR) is 64.2 cm³/mol. The summed E-state index contributed by atoms with van der Waals surface area (Å²) in [6.45, 7) is 0. The highest BCUT2D eigenvalue weighted by Crippen LogP contribution is 2.21. The molecular formula is C12H10FN3OS. The molecule has 0 saturated heterocycles. The van der Waals surface area contributed by atoms with Crippen LogP contribution in [0.15, 0.2) is 33.7 Å². The van der Waals surface area contributed by atoms with Crippen LogP contribution >= 0.6 is 11.8 Å². The average molecular weight is 263 g/mol. The number of rotatable bonds is 5. The summed E-state index contributed by atoms with van der Waals surface area (Å²) in [5.74, 6) is 1.36. The van der Waals surface area contributed by atoms with Gasteiger partial charge in [-0.05, 0) is 24.3 Å². The van der Waals surface area contributed by atoms with Gasteiger partial charge in [-0.2, -0.15) is 10.2 Å². The van der Waals surface area contributed by atoms with Crippen molar-refractivity contribution in [2.45, 2.75) is 23.5 Å². The first kappa shape index (κ1) is 12.6. The molecule has 1 aromatic carbocycles. The first-order valence-electron chi connectivity index (χ1n) is 5.34. The summed E-state index contributed by atoms with van der Waals surface area (Å²) in [6, 6.07) is 8.26. The number of benzene rings is 1. The molecule has 0 unspecified atom stereocenters. The zero-order chi connectivity index (χ0) is 12.8. The molecule has 1 aromatic heterocycles. The third-order valence-corrected chi connectivity index (χ3v) is 3.15. The van der Waals surface area contributed by atoms with Crippen LogP contribution in [-0.2, 0) is 12.2 Å². The molecule has 0 saturated carbocycles. The molecule has 0 aliphatic carbocycles. The van der Waals surface area contributed by atoms with Crippen molar-refractivity contribution in [1.29, 1.82) is 5.26 Å². The topological polar surface area (TPSA) is 62.7 Å². The molecule has 1 heterocycles. The summed E-state index contributed by atoms with van der Waals surface area (Å²) in [5.41, 5.74) is 0. The third kappa shape index (κ3) is 3.57. The van der Waals surface area contributed by atoms with Gasteiger partial charge < -0.3 is 4.52 Å². The fourth-order valence-corrected chi connectivity index (χ4v) is 2.03. The molecule has 0 fully saturated rings. The molecule has 0 amide bonds.